The number of amides is 3. The largest absolute Gasteiger partial charge is 0.347 e. The van der Waals surface area contributed by atoms with E-state index in [1.807, 2.05) is 11.0 Å². The minimum absolute atomic E-state index is 0.0422. The summed E-state index contributed by atoms with van der Waals surface area (Å²) in [5.41, 5.74) is 2.15. The van der Waals surface area contributed by atoms with Crippen molar-refractivity contribution in [2.75, 3.05) is 19.3 Å². The topological polar surface area (TPSA) is 90.5 Å². The van der Waals surface area contributed by atoms with Crippen molar-refractivity contribution in [3.63, 3.8) is 0 Å². The molecule has 2 fully saturated rings. The van der Waals surface area contributed by atoms with E-state index < -0.39 is 12.1 Å². The molecule has 2 saturated heterocycles. The summed E-state index contributed by atoms with van der Waals surface area (Å²) in [6.45, 7) is 8.90. The Balaban J connectivity index is 1.69. The fraction of sp³-hybridized carbons (Fsp3) is 0.679. The molecule has 0 saturated carbocycles. The molecule has 0 aromatic heterocycles. The first kappa shape index (κ1) is 27.0. The van der Waals surface area contributed by atoms with Crippen LogP contribution in [0, 0.1) is 17.3 Å². The van der Waals surface area contributed by atoms with Crippen LogP contribution in [0.3, 0.4) is 0 Å². The number of likely N-dealkylation sites (N-methyl/N-ethyl adjacent to an activating group) is 1. The molecule has 3 amide bonds. The molecule has 4 unspecified atom stereocenters. The van der Waals surface area contributed by atoms with Gasteiger partial charge in [0, 0.05) is 5.41 Å². The Kier molecular flexibility index (Phi) is 8.35. The number of thioether (sulfide) groups is 1. The normalized spacial score (nSPS) is 27.4. The van der Waals surface area contributed by atoms with Gasteiger partial charge in [0.05, 0.1) is 18.0 Å². The molecule has 3 aliphatic rings. The van der Waals surface area contributed by atoms with E-state index in [0.717, 1.165) is 31.4 Å². The van der Waals surface area contributed by atoms with Crippen LogP contribution in [0.5, 0.6) is 0 Å². The standard InChI is InChI=1S/C28H42N4O3S/c1-17(2)28(18(3)4)15-24-32(27(35)22(13-14-36-24)30-23(33)16-29-5)25(28)26(34)31-21-12-8-10-19-9-6-7-11-20(19)21/h6-7,9,11,17-18,21-22,24-25,29H,8,10,12-16H2,1-5H3,(H,30,33)(H,31,34). The number of hydrogen-bond acceptors (Lipinski definition) is 5. The SMILES string of the molecule is CNCC(=O)NC1CCSC2CC(C(C)C)(C(C)C)C(C(=O)NC3CCCc4ccccc43)N2C1=O. The number of nitrogens with zero attached hydrogens (tertiary/aromatic N) is 1. The number of hydrogen-bond donors (Lipinski definition) is 3. The number of carbonyl (C=O) groups excluding carboxylic acids is 3. The van der Waals surface area contributed by atoms with Gasteiger partial charge in [-0.25, -0.2) is 0 Å². The molecule has 1 aliphatic carbocycles. The first-order valence-corrected chi connectivity index (χ1v) is 14.5. The van der Waals surface area contributed by atoms with Crippen LogP contribution < -0.4 is 16.0 Å². The summed E-state index contributed by atoms with van der Waals surface area (Å²) in [7, 11) is 1.71. The van der Waals surface area contributed by atoms with E-state index in [1.165, 1.54) is 11.1 Å². The van der Waals surface area contributed by atoms with Crippen LogP contribution in [-0.2, 0) is 20.8 Å². The Morgan fingerprint density at radius 3 is 2.50 bits per heavy atom. The van der Waals surface area contributed by atoms with Gasteiger partial charge in [0.1, 0.15) is 12.1 Å². The maximum absolute atomic E-state index is 14.3. The summed E-state index contributed by atoms with van der Waals surface area (Å²) < 4.78 is 0. The number of benzene rings is 1. The Labute approximate surface area is 219 Å². The number of nitrogens with one attached hydrogen (secondary N) is 3. The summed E-state index contributed by atoms with van der Waals surface area (Å²) in [4.78, 5) is 42.5. The van der Waals surface area contributed by atoms with Crippen molar-refractivity contribution in [1.29, 1.82) is 0 Å². The lowest BCUT2D eigenvalue weighted by Gasteiger charge is -2.44. The van der Waals surface area contributed by atoms with Crippen LogP contribution in [0.1, 0.15) is 70.5 Å². The zero-order valence-corrected chi connectivity index (χ0v) is 23.1. The van der Waals surface area contributed by atoms with Crippen LogP contribution in [0.4, 0.5) is 0 Å². The number of fused-ring (bicyclic) bond motifs is 2. The Hall–Kier alpha value is -2.06. The fourth-order valence-corrected chi connectivity index (χ4v) is 8.24. The Morgan fingerprint density at radius 1 is 1.08 bits per heavy atom. The van der Waals surface area contributed by atoms with E-state index in [-0.39, 0.29) is 52.9 Å². The van der Waals surface area contributed by atoms with Crippen molar-refractivity contribution in [3.05, 3.63) is 35.4 Å². The third-order valence-electron chi connectivity index (χ3n) is 8.65. The molecule has 3 N–H and O–H groups in total. The van der Waals surface area contributed by atoms with Crippen LogP contribution >= 0.6 is 11.8 Å². The Morgan fingerprint density at radius 2 is 1.81 bits per heavy atom. The molecular formula is C28H42N4O3S. The highest BCUT2D eigenvalue weighted by Gasteiger charge is 2.61. The number of carbonyl (C=O) groups is 3. The quantitative estimate of drug-likeness (QED) is 0.520. The lowest BCUT2D eigenvalue weighted by atomic mass is 9.63. The molecule has 4 rings (SSSR count). The molecule has 0 spiro atoms. The van der Waals surface area contributed by atoms with E-state index in [0.29, 0.717) is 6.42 Å². The molecular weight excluding hydrogens is 472 g/mol. The monoisotopic (exact) mass is 514 g/mol. The highest BCUT2D eigenvalue weighted by molar-refractivity contribution is 7.99. The second-order valence-electron chi connectivity index (χ2n) is 11.2. The molecule has 8 heteroatoms. The first-order chi connectivity index (χ1) is 17.2. The van der Waals surface area contributed by atoms with Gasteiger partial charge in [-0.05, 0) is 67.9 Å². The third-order valence-corrected chi connectivity index (χ3v) is 9.90. The Bertz CT molecular complexity index is 973. The van der Waals surface area contributed by atoms with Crippen molar-refractivity contribution < 1.29 is 14.4 Å². The van der Waals surface area contributed by atoms with Crippen LogP contribution in [0.2, 0.25) is 0 Å². The van der Waals surface area contributed by atoms with Crippen molar-refractivity contribution in [2.24, 2.45) is 17.3 Å². The predicted molar refractivity (Wildman–Crippen MR) is 144 cm³/mol. The van der Waals surface area contributed by atoms with Gasteiger partial charge < -0.3 is 20.9 Å². The van der Waals surface area contributed by atoms with Crippen molar-refractivity contribution in [3.8, 4) is 0 Å². The maximum Gasteiger partial charge on any atom is 0.246 e. The van der Waals surface area contributed by atoms with E-state index in [4.69, 9.17) is 0 Å². The summed E-state index contributed by atoms with van der Waals surface area (Å²) >= 11 is 1.75. The molecule has 0 bridgehead atoms. The highest BCUT2D eigenvalue weighted by atomic mass is 32.2. The van der Waals surface area contributed by atoms with Gasteiger partial charge in [0.15, 0.2) is 0 Å². The maximum atomic E-state index is 14.3. The third kappa shape index (κ3) is 4.91. The number of rotatable bonds is 7. The van der Waals surface area contributed by atoms with Gasteiger partial charge in [0.25, 0.3) is 0 Å². The smallest absolute Gasteiger partial charge is 0.246 e. The van der Waals surface area contributed by atoms with Gasteiger partial charge in [-0.3, -0.25) is 14.4 Å². The average Bonchev–Trinajstić information content (AvgIpc) is 3.13. The second kappa shape index (κ2) is 11.1. The molecule has 1 aromatic rings. The van der Waals surface area contributed by atoms with Gasteiger partial charge >= 0.3 is 0 Å². The first-order valence-electron chi connectivity index (χ1n) is 13.5. The lowest BCUT2D eigenvalue weighted by molar-refractivity contribution is -0.146. The fourth-order valence-electron chi connectivity index (χ4n) is 6.81. The zero-order valence-electron chi connectivity index (χ0n) is 22.3. The van der Waals surface area contributed by atoms with E-state index in [9.17, 15) is 14.4 Å². The molecule has 2 aliphatic heterocycles. The van der Waals surface area contributed by atoms with Crippen molar-refractivity contribution in [2.45, 2.75) is 83.3 Å². The van der Waals surface area contributed by atoms with Gasteiger partial charge in [-0.2, -0.15) is 0 Å². The van der Waals surface area contributed by atoms with Gasteiger partial charge in [-0.1, -0.05) is 52.0 Å². The predicted octanol–water partition coefficient (Wildman–Crippen LogP) is 3.25. The molecule has 1 aromatic carbocycles. The lowest BCUT2D eigenvalue weighted by Crippen LogP contribution is -2.60. The number of aryl methyl sites for hydroxylation is 1. The highest BCUT2D eigenvalue weighted by Crippen LogP contribution is 2.55. The van der Waals surface area contributed by atoms with Crippen LogP contribution in [0.25, 0.3) is 0 Å². The molecule has 4 atom stereocenters. The minimum Gasteiger partial charge on any atom is -0.347 e. The zero-order chi connectivity index (χ0) is 26.0. The van der Waals surface area contributed by atoms with Crippen molar-refractivity contribution >= 4 is 29.5 Å². The molecule has 36 heavy (non-hydrogen) atoms. The van der Waals surface area contributed by atoms with E-state index in [2.05, 4.69) is 61.8 Å². The van der Waals surface area contributed by atoms with Crippen LogP contribution in [-0.4, -0.2) is 59.4 Å². The van der Waals surface area contributed by atoms with E-state index >= 15 is 0 Å². The van der Waals surface area contributed by atoms with Gasteiger partial charge in [0.2, 0.25) is 17.7 Å². The summed E-state index contributed by atoms with van der Waals surface area (Å²) in [6.07, 6.45) is 4.33. The van der Waals surface area contributed by atoms with Gasteiger partial charge in [-0.15, -0.1) is 11.8 Å². The van der Waals surface area contributed by atoms with Crippen molar-refractivity contribution in [1.82, 2.24) is 20.9 Å². The minimum atomic E-state index is -0.607. The molecule has 7 nitrogen and oxygen atoms in total. The van der Waals surface area contributed by atoms with Crippen LogP contribution in [0.15, 0.2) is 24.3 Å². The average molecular weight is 515 g/mol. The summed E-state index contributed by atoms with van der Waals surface area (Å²) in [6, 6.07) is 7.15. The summed E-state index contributed by atoms with van der Waals surface area (Å²) in [5, 5.41) is 9.10. The molecule has 198 valence electrons. The molecule has 0 radical (unpaired) electrons. The van der Waals surface area contributed by atoms with E-state index in [1.54, 1.807) is 18.8 Å². The summed E-state index contributed by atoms with van der Waals surface area (Å²) in [5.74, 6) is 0.819. The molecule has 2 heterocycles. The second-order valence-corrected chi connectivity index (χ2v) is 12.5.